The summed E-state index contributed by atoms with van der Waals surface area (Å²) in [5.74, 6) is -1.12. The number of halogens is 2. The number of amides is 1. The van der Waals surface area contributed by atoms with Gasteiger partial charge in [0.2, 0.25) is 0 Å². The number of aromatic nitrogens is 1. The van der Waals surface area contributed by atoms with E-state index in [4.69, 9.17) is 25.8 Å². The molecule has 0 aliphatic rings. The molecule has 0 atom stereocenters. The molecule has 0 radical (unpaired) electrons. The van der Waals surface area contributed by atoms with E-state index < -0.39 is 17.8 Å². The minimum Gasteiger partial charge on any atom is -0.493 e. The fourth-order valence-electron chi connectivity index (χ4n) is 4.81. The summed E-state index contributed by atoms with van der Waals surface area (Å²) in [5.41, 5.74) is 6.77. The maximum absolute atomic E-state index is 13.5. The van der Waals surface area contributed by atoms with Crippen molar-refractivity contribution < 1.29 is 28.6 Å². The zero-order valence-corrected chi connectivity index (χ0v) is 26.8. The molecular formula is C34H27BrClN3O6. The summed E-state index contributed by atoms with van der Waals surface area (Å²) in [7, 11) is 1.39. The molecule has 0 aliphatic heterocycles. The molecule has 228 valence electrons. The second kappa shape index (κ2) is 13.8. The van der Waals surface area contributed by atoms with E-state index in [1.165, 1.54) is 38.4 Å². The summed E-state index contributed by atoms with van der Waals surface area (Å²) in [6.45, 7) is 3.31. The maximum Gasteiger partial charge on any atom is 0.343 e. The summed E-state index contributed by atoms with van der Waals surface area (Å²) >= 11 is 9.99. The van der Waals surface area contributed by atoms with Crippen molar-refractivity contribution >= 4 is 62.5 Å². The number of aryl methyl sites for hydroxylation is 1. The van der Waals surface area contributed by atoms with Gasteiger partial charge in [-0.1, -0.05) is 70.9 Å². The largest absolute Gasteiger partial charge is 0.493 e. The van der Waals surface area contributed by atoms with E-state index in [1.54, 1.807) is 24.3 Å². The van der Waals surface area contributed by atoms with Crippen LogP contribution in [0.4, 0.5) is 0 Å². The maximum atomic E-state index is 13.5. The van der Waals surface area contributed by atoms with Gasteiger partial charge in [-0.15, -0.1) is 0 Å². The summed E-state index contributed by atoms with van der Waals surface area (Å²) in [5, 5.41) is 5.56. The monoisotopic (exact) mass is 687 g/mol. The van der Waals surface area contributed by atoms with Gasteiger partial charge in [0.05, 0.1) is 18.9 Å². The third kappa shape index (κ3) is 6.92. The Bertz CT molecular complexity index is 1970. The van der Waals surface area contributed by atoms with Crippen molar-refractivity contribution in [3.63, 3.8) is 0 Å². The Hall–Kier alpha value is -4.93. The van der Waals surface area contributed by atoms with Crippen LogP contribution >= 0.6 is 27.5 Å². The first-order valence-electron chi connectivity index (χ1n) is 13.8. The van der Waals surface area contributed by atoms with E-state index in [0.29, 0.717) is 31.9 Å². The fraction of sp³-hybridized carbons (Fsp3) is 0.118. The first kappa shape index (κ1) is 31.5. The van der Waals surface area contributed by atoms with Gasteiger partial charge < -0.3 is 19.2 Å². The predicted octanol–water partition coefficient (Wildman–Crippen LogP) is 7.73. The number of nitrogens with one attached hydrogen (secondary N) is 2. The van der Waals surface area contributed by atoms with Crippen LogP contribution in [-0.4, -0.2) is 36.2 Å². The van der Waals surface area contributed by atoms with Crippen LogP contribution in [0.25, 0.3) is 22.0 Å². The number of carbonyl (C=O) groups excluding carboxylic acids is 3. The van der Waals surface area contributed by atoms with Gasteiger partial charge in [-0.25, -0.2) is 10.2 Å². The van der Waals surface area contributed by atoms with Crippen molar-refractivity contribution in [2.45, 2.75) is 20.3 Å². The Morgan fingerprint density at radius 1 is 0.956 bits per heavy atom. The molecule has 11 heteroatoms. The van der Waals surface area contributed by atoms with Crippen molar-refractivity contribution in [3.8, 4) is 28.4 Å². The molecule has 0 unspecified atom stereocenters. The standard InChI is InChI=1S/C34H27BrClN3O6/c1-4-20-8-7-10-25-30(24-9-5-6-11-26(24)36)32(38-31(20)25)33(41)39-37-18-22-16-23(35)13-15-27(22)45-34(42)21-12-14-28(44-19(2)40)29(17-21)43-3/h5-18,38H,4H2,1-3H3,(H,39,41). The molecule has 0 saturated carbocycles. The topological polar surface area (TPSA) is 119 Å². The van der Waals surface area contributed by atoms with Crippen LogP contribution in [0.5, 0.6) is 17.2 Å². The van der Waals surface area contributed by atoms with E-state index in [-0.39, 0.29) is 22.8 Å². The van der Waals surface area contributed by atoms with Crippen LogP contribution in [0.2, 0.25) is 5.02 Å². The van der Waals surface area contributed by atoms with Crippen molar-refractivity contribution in [1.29, 1.82) is 0 Å². The van der Waals surface area contributed by atoms with E-state index in [9.17, 15) is 14.4 Å². The lowest BCUT2D eigenvalue weighted by Gasteiger charge is -2.11. The average Bonchev–Trinajstić information content (AvgIpc) is 3.42. The summed E-state index contributed by atoms with van der Waals surface area (Å²) < 4.78 is 16.7. The quantitative estimate of drug-likeness (QED) is 0.0708. The van der Waals surface area contributed by atoms with Gasteiger partial charge in [0, 0.05) is 44.0 Å². The molecule has 0 bridgehead atoms. The lowest BCUT2D eigenvalue weighted by molar-refractivity contribution is -0.132. The number of ether oxygens (including phenoxy) is 3. The highest BCUT2D eigenvalue weighted by molar-refractivity contribution is 9.10. The number of fused-ring (bicyclic) bond motifs is 1. The van der Waals surface area contributed by atoms with E-state index in [0.717, 1.165) is 22.9 Å². The second-order valence-corrected chi connectivity index (χ2v) is 11.1. The molecule has 0 aliphatic carbocycles. The number of hydrogen-bond acceptors (Lipinski definition) is 7. The number of rotatable bonds is 9. The number of benzene rings is 4. The molecule has 45 heavy (non-hydrogen) atoms. The molecule has 1 amide bonds. The molecule has 0 spiro atoms. The average molecular weight is 689 g/mol. The molecule has 5 aromatic rings. The Kier molecular flexibility index (Phi) is 9.65. The normalized spacial score (nSPS) is 11.0. The number of nitrogens with zero attached hydrogens (tertiary/aromatic N) is 1. The van der Waals surface area contributed by atoms with E-state index in [1.807, 2.05) is 43.3 Å². The zero-order chi connectivity index (χ0) is 32.1. The van der Waals surface area contributed by atoms with E-state index >= 15 is 0 Å². The number of methoxy groups -OCH3 is 1. The Morgan fingerprint density at radius 2 is 1.73 bits per heavy atom. The van der Waals surface area contributed by atoms with Gasteiger partial charge in [-0.05, 0) is 54.4 Å². The summed E-state index contributed by atoms with van der Waals surface area (Å²) in [6, 6.07) is 22.5. The fourth-order valence-corrected chi connectivity index (χ4v) is 5.42. The highest BCUT2D eigenvalue weighted by Gasteiger charge is 2.22. The smallest absolute Gasteiger partial charge is 0.343 e. The van der Waals surface area contributed by atoms with Crippen molar-refractivity contribution in [2.75, 3.05) is 7.11 Å². The predicted molar refractivity (Wildman–Crippen MR) is 177 cm³/mol. The molecule has 5 rings (SSSR count). The molecule has 0 fully saturated rings. The van der Waals surface area contributed by atoms with Crippen molar-refractivity contribution in [2.24, 2.45) is 5.10 Å². The molecule has 0 saturated heterocycles. The van der Waals surface area contributed by atoms with Crippen molar-refractivity contribution in [3.05, 3.63) is 111 Å². The van der Waals surface area contributed by atoms with Crippen LogP contribution in [0.15, 0.2) is 88.4 Å². The highest BCUT2D eigenvalue weighted by Crippen LogP contribution is 2.38. The number of esters is 2. The molecule has 1 heterocycles. The van der Waals surface area contributed by atoms with Gasteiger partial charge in [0.25, 0.3) is 5.91 Å². The lowest BCUT2D eigenvalue weighted by atomic mass is 9.99. The number of para-hydroxylation sites is 1. The third-order valence-corrected chi connectivity index (χ3v) is 7.69. The van der Waals surface area contributed by atoms with E-state index in [2.05, 4.69) is 31.4 Å². The third-order valence-electron chi connectivity index (χ3n) is 6.87. The van der Waals surface area contributed by atoms with Gasteiger partial charge in [-0.3, -0.25) is 9.59 Å². The zero-order valence-electron chi connectivity index (χ0n) is 24.4. The van der Waals surface area contributed by atoms with Gasteiger partial charge in [0.1, 0.15) is 11.4 Å². The first-order chi connectivity index (χ1) is 21.7. The van der Waals surface area contributed by atoms with Crippen LogP contribution < -0.4 is 19.6 Å². The molecular weight excluding hydrogens is 662 g/mol. The molecule has 9 nitrogen and oxygen atoms in total. The molecule has 1 aromatic heterocycles. The van der Waals surface area contributed by atoms with Gasteiger partial charge >= 0.3 is 11.9 Å². The van der Waals surface area contributed by atoms with Crippen LogP contribution in [0, 0.1) is 0 Å². The number of H-pyrrole nitrogens is 1. The molecule has 4 aromatic carbocycles. The molecule has 2 N–H and O–H groups in total. The minimum absolute atomic E-state index is 0.166. The van der Waals surface area contributed by atoms with Gasteiger partial charge in [-0.2, -0.15) is 5.10 Å². The summed E-state index contributed by atoms with van der Waals surface area (Å²) in [6.07, 6.45) is 2.15. The minimum atomic E-state index is -0.683. The number of hydrazone groups is 1. The number of hydrogen-bond donors (Lipinski definition) is 2. The Morgan fingerprint density at radius 3 is 2.47 bits per heavy atom. The second-order valence-electron chi connectivity index (χ2n) is 9.78. The SMILES string of the molecule is CCc1cccc2c(-c3ccccc3Cl)c(C(=O)NN=Cc3cc(Br)ccc3OC(=O)c3ccc(OC(C)=O)c(OC)c3)[nH]c12. The number of aromatic amines is 1. The lowest BCUT2D eigenvalue weighted by Crippen LogP contribution is -2.19. The first-order valence-corrected chi connectivity index (χ1v) is 15.0. The van der Waals surface area contributed by atoms with Crippen molar-refractivity contribution in [1.82, 2.24) is 10.4 Å². The highest BCUT2D eigenvalue weighted by atomic mass is 79.9. The number of carbonyl (C=O) groups is 3. The van der Waals surface area contributed by atoms with Gasteiger partial charge in [0.15, 0.2) is 11.5 Å². The Balaban J connectivity index is 1.41. The van der Waals surface area contributed by atoms with Crippen LogP contribution in [0.1, 0.15) is 45.8 Å². The Labute approximate surface area is 272 Å². The van der Waals surface area contributed by atoms with Crippen LogP contribution in [-0.2, 0) is 11.2 Å². The summed E-state index contributed by atoms with van der Waals surface area (Å²) in [4.78, 5) is 41.2. The van der Waals surface area contributed by atoms with Crippen LogP contribution in [0.3, 0.4) is 0 Å².